The molecule has 1 aromatic heterocycles. The fourth-order valence-corrected chi connectivity index (χ4v) is 3.66. The second-order valence-electron chi connectivity index (χ2n) is 6.91. The lowest BCUT2D eigenvalue weighted by Crippen LogP contribution is -2.26. The molecular formula is C22H26N2O3. The van der Waals surface area contributed by atoms with E-state index in [9.17, 15) is 14.7 Å². The van der Waals surface area contributed by atoms with Crippen molar-refractivity contribution in [2.75, 3.05) is 19.6 Å². The van der Waals surface area contributed by atoms with E-state index in [-0.39, 0.29) is 17.3 Å². The molecule has 0 bridgehead atoms. The molecule has 5 heteroatoms. The van der Waals surface area contributed by atoms with Crippen LogP contribution < -0.4 is 0 Å². The van der Waals surface area contributed by atoms with Crippen LogP contribution in [-0.2, 0) is 6.54 Å². The van der Waals surface area contributed by atoms with Gasteiger partial charge >= 0.3 is 0 Å². The first kappa shape index (κ1) is 19.1. The second-order valence-corrected chi connectivity index (χ2v) is 6.91. The number of carbonyl (C=O) groups excluding carboxylic acids is 2. The molecule has 0 amide bonds. The Kier molecular flexibility index (Phi) is 5.33. The zero-order valence-corrected chi connectivity index (χ0v) is 16.4. The van der Waals surface area contributed by atoms with Crippen LogP contribution in [0.3, 0.4) is 0 Å². The fraction of sp³-hybridized carbons (Fsp3) is 0.364. The molecule has 0 radical (unpaired) electrons. The molecule has 5 nitrogen and oxygen atoms in total. The number of benzene rings is 2. The molecule has 1 heterocycles. The van der Waals surface area contributed by atoms with Gasteiger partial charge in [-0.25, -0.2) is 0 Å². The summed E-state index contributed by atoms with van der Waals surface area (Å²) >= 11 is 0. The molecule has 142 valence electrons. The van der Waals surface area contributed by atoms with Crippen LogP contribution in [0.1, 0.15) is 48.4 Å². The van der Waals surface area contributed by atoms with E-state index < -0.39 is 0 Å². The molecule has 3 rings (SSSR count). The summed E-state index contributed by atoms with van der Waals surface area (Å²) in [5.41, 5.74) is 2.82. The Bertz CT molecular complexity index is 1030. The number of aromatic nitrogens is 1. The number of carbonyl (C=O) groups is 2. The first-order chi connectivity index (χ1) is 12.9. The third-order valence-corrected chi connectivity index (χ3v) is 5.30. The summed E-state index contributed by atoms with van der Waals surface area (Å²) in [7, 11) is 0. The van der Waals surface area contributed by atoms with Crippen LogP contribution in [0, 0.1) is 0 Å². The van der Waals surface area contributed by atoms with Gasteiger partial charge in [-0.05, 0) is 51.2 Å². The molecule has 0 aliphatic rings. The van der Waals surface area contributed by atoms with Crippen molar-refractivity contribution in [3.63, 3.8) is 0 Å². The zero-order valence-electron chi connectivity index (χ0n) is 16.4. The second kappa shape index (κ2) is 7.53. The molecule has 0 spiro atoms. The standard InChI is InChI=1S/C22H26N2O3/c1-5-23(6-2)9-10-24-20-8-7-16(14(3)25)11-18(20)19-12-17(15(4)26)22(27)13-21(19)24/h7-8,11-13,27H,5-6,9-10H2,1-4H3. The fourth-order valence-electron chi connectivity index (χ4n) is 3.66. The van der Waals surface area contributed by atoms with Crippen molar-refractivity contribution >= 4 is 33.4 Å². The topological polar surface area (TPSA) is 62.5 Å². The van der Waals surface area contributed by atoms with Crippen molar-refractivity contribution < 1.29 is 14.7 Å². The minimum Gasteiger partial charge on any atom is -0.507 e. The Morgan fingerprint density at radius 1 is 0.963 bits per heavy atom. The van der Waals surface area contributed by atoms with E-state index in [0.717, 1.165) is 48.0 Å². The molecular weight excluding hydrogens is 340 g/mol. The first-order valence-corrected chi connectivity index (χ1v) is 9.40. The maximum atomic E-state index is 11.9. The minimum atomic E-state index is -0.179. The monoisotopic (exact) mass is 366 g/mol. The van der Waals surface area contributed by atoms with Crippen LogP contribution in [0.2, 0.25) is 0 Å². The summed E-state index contributed by atoms with van der Waals surface area (Å²) in [6.07, 6.45) is 0. The highest BCUT2D eigenvalue weighted by Crippen LogP contribution is 2.34. The third kappa shape index (κ3) is 3.47. The van der Waals surface area contributed by atoms with Gasteiger partial charge < -0.3 is 14.6 Å². The van der Waals surface area contributed by atoms with Crippen molar-refractivity contribution in [2.24, 2.45) is 0 Å². The van der Waals surface area contributed by atoms with E-state index in [1.54, 1.807) is 19.1 Å². The van der Waals surface area contributed by atoms with E-state index in [0.29, 0.717) is 11.1 Å². The summed E-state index contributed by atoms with van der Waals surface area (Å²) < 4.78 is 2.16. The SMILES string of the molecule is CCN(CC)CCn1c2ccc(C(C)=O)cc2c2cc(C(C)=O)c(O)cc21. The van der Waals surface area contributed by atoms with Gasteiger partial charge in [0.2, 0.25) is 0 Å². The number of hydrogen-bond donors (Lipinski definition) is 1. The zero-order chi connectivity index (χ0) is 19.7. The van der Waals surface area contributed by atoms with Gasteiger partial charge in [-0.1, -0.05) is 13.8 Å². The molecule has 0 atom stereocenters. The third-order valence-electron chi connectivity index (χ3n) is 5.30. The Morgan fingerprint density at radius 2 is 1.63 bits per heavy atom. The molecule has 2 aromatic carbocycles. The molecule has 3 aromatic rings. The Labute approximate surface area is 159 Å². The van der Waals surface area contributed by atoms with Crippen molar-refractivity contribution in [2.45, 2.75) is 34.2 Å². The van der Waals surface area contributed by atoms with Crippen molar-refractivity contribution in [3.05, 3.63) is 41.5 Å². The smallest absolute Gasteiger partial charge is 0.163 e. The highest BCUT2D eigenvalue weighted by Gasteiger charge is 2.17. The minimum absolute atomic E-state index is 0.00585. The molecule has 0 aliphatic carbocycles. The van der Waals surface area contributed by atoms with Crippen LogP contribution in [0.5, 0.6) is 5.75 Å². The summed E-state index contributed by atoms with van der Waals surface area (Å²) in [4.78, 5) is 26.1. The quantitative estimate of drug-likeness (QED) is 0.635. The summed E-state index contributed by atoms with van der Waals surface area (Å²) in [6.45, 7) is 10.9. The lowest BCUT2D eigenvalue weighted by Gasteiger charge is -2.19. The van der Waals surface area contributed by atoms with Crippen LogP contribution in [-0.4, -0.2) is 45.8 Å². The predicted molar refractivity (Wildman–Crippen MR) is 109 cm³/mol. The molecule has 0 aliphatic heterocycles. The number of rotatable bonds is 7. The first-order valence-electron chi connectivity index (χ1n) is 9.40. The lowest BCUT2D eigenvalue weighted by molar-refractivity contribution is 0.100. The number of hydrogen-bond acceptors (Lipinski definition) is 4. The van der Waals surface area contributed by atoms with E-state index in [2.05, 4.69) is 23.3 Å². The highest BCUT2D eigenvalue weighted by atomic mass is 16.3. The summed E-state index contributed by atoms with van der Waals surface area (Å²) in [5.74, 6) is -0.179. The van der Waals surface area contributed by atoms with Crippen LogP contribution >= 0.6 is 0 Å². The van der Waals surface area contributed by atoms with Gasteiger partial charge in [0.05, 0.1) is 11.1 Å². The number of likely N-dealkylation sites (N-methyl/N-ethyl adjacent to an activating group) is 1. The molecule has 0 saturated carbocycles. The maximum Gasteiger partial charge on any atom is 0.163 e. The van der Waals surface area contributed by atoms with Gasteiger partial charge in [-0.3, -0.25) is 9.59 Å². The van der Waals surface area contributed by atoms with Crippen LogP contribution in [0.15, 0.2) is 30.3 Å². The highest BCUT2D eigenvalue weighted by molar-refractivity contribution is 6.13. The number of Topliss-reactive ketones (excluding diaryl/α,β-unsaturated/α-hetero) is 2. The molecule has 1 N–H and O–H groups in total. The molecule has 27 heavy (non-hydrogen) atoms. The van der Waals surface area contributed by atoms with E-state index in [1.807, 2.05) is 18.2 Å². The number of ketones is 2. The number of aromatic hydroxyl groups is 1. The van der Waals surface area contributed by atoms with Gasteiger partial charge in [0.1, 0.15) is 5.75 Å². The van der Waals surface area contributed by atoms with Gasteiger partial charge in [0, 0.05) is 41.0 Å². The average Bonchev–Trinajstić information content (AvgIpc) is 2.93. The van der Waals surface area contributed by atoms with Crippen LogP contribution in [0.4, 0.5) is 0 Å². The number of phenols is 1. The van der Waals surface area contributed by atoms with Crippen molar-refractivity contribution in [1.82, 2.24) is 9.47 Å². The maximum absolute atomic E-state index is 11.9. The van der Waals surface area contributed by atoms with Gasteiger partial charge in [-0.2, -0.15) is 0 Å². The average molecular weight is 366 g/mol. The van der Waals surface area contributed by atoms with E-state index in [4.69, 9.17) is 0 Å². The number of phenolic OH excluding ortho intramolecular Hbond substituents is 1. The van der Waals surface area contributed by atoms with Gasteiger partial charge in [-0.15, -0.1) is 0 Å². The predicted octanol–water partition coefficient (Wildman–Crippen LogP) is 4.25. The lowest BCUT2D eigenvalue weighted by atomic mass is 10.0. The van der Waals surface area contributed by atoms with E-state index in [1.165, 1.54) is 6.92 Å². The Hall–Kier alpha value is -2.66. The summed E-state index contributed by atoms with van der Waals surface area (Å²) in [6, 6.07) is 9.09. The van der Waals surface area contributed by atoms with Gasteiger partial charge in [0.15, 0.2) is 11.6 Å². The Balaban J connectivity index is 2.26. The van der Waals surface area contributed by atoms with E-state index >= 15 is 0 Å². The Morgan fingerprint density at radius 3 is 2.22 bits per heavy atom. The van der Waals surface area contributed by atoms with Gasteiger partial charge in [0.25, 0.3) is 0 Å². The molecule has 0 fully saturated rings. The normalized spacial score (nSPS) is 11.6. The number of nitrogens with zero attached hydrogens (tertiary/aromatic N) is 2. The van der Waals surface area contributed by atoms with Crippen LogP contribution in [0.25, 0.3) is 21.8 Å². The van der Waals surface area contributed by atoms with Crippen molar-refractivity contribution in [3.8, 4) is 5.75 Å². The largest absolute Gasteiger partial charge is 0.507 e. The summed E-state index contributed by atoms with van der Waals surface area (Å²) in [5, 5.41) is 12.2. The molecule has 0 unspecified atom stereocenters. The van der Waals surface area contributed by atoms with Crippen molar-refractivity contribution in [1.29, 1.82) is 0 Å². The molecule has 0 saturated heterocycles. The number of fused-ring (bicyclic) bond motifs is 3.